The van der Waals surface area contributed by atoms with Gasteiger partial charge in [0.1, 0.15) is 12.4 Å². The molecular formula is C16H21FN2O5S. The van der Waals surface area contributed by atoms with E-state index in [-0.39, 0.29) is 43.0 Å². The quantitative estimate of drug-likeness (QED) is 0.749. The van der Waals surface area contributed by atoms with Crippen molar-refractivity contribution in [3.8, 4) is 0 Å². The number of benzene rings is 1. The topological polar surface area (TPSA) is 92.8 Å². The molecule has 9 heteroatoms. The van der Waals surface area contributed by atoms with Crippen LogP contribution in [0.1, 0.15) is 19.8 Å². The predicted molar refractivity (Wildman–Crippen MR) is 87.5 cm³/mol. The highest BCUT2D eigenvalue weighted by Crippen LogP contribution is 2.24. The van der Waals surface area contributed by atoms with Gasteiger partial charge in [-0.1, -0.05) is 0 Å². The molecule has 7 nitrogen and oxygen atoms in total. The molecular weight excluding hydrogens is 351 g/mol. The van der Waals surface area contributed by atoms with Crippen LogP contribution in [0, 0.1) is 11.7 Å². The van der Waals surface area contributed by atoms with Crippen molar-refractivity contribution in [2.75, 3.05) is 26.2 Å². The number of halogens is 1. The van der Waals surface area contributed by atoms with Crippen LogP contribution in [-0.2, 0) is 24.3 Å². The Morgan fingerprint density at radius 2 is 1.84 bits per heavy atom. The van der Waals surface area contributed by atoms with Crippen LogP contribution in [0.5, 0.6) is 0 Å². The molecule has 1 heterocycles. The summed E-state index contributed by atoms with van der Waals surface area (Å²) < 4.78 is 44.0. The first kappa shape index (κ1) is 19.3. The molecule has 1 saturated heterocycles. The fraction of sp³-hybridized carbons (Fsp3) is 0.500. The Hall–Kier alpha value is -2.00. The number of hydrogen-bond donors (Lipinski definition) is 1. The molecule has 0 spiro atoms. The summed E-state index contributed by atoms with van der Waals surface area (Å²) in [6, 6.07) is 4.65. The highest BCUT2D eigenvalue weighted by Gasteiger charge is 2.32. The summed E-state index contributed by atoms with van der Waals surface area (Å²) in [7, 11) is -3.70. The van der Waals surface area contributed by atoms with Gasteiger partial charge in [0.05, 0.1) is 11.5 Å². The van der Waals surface area contributed by atoms with E-state index in [2.05, 4.69) is 5.32 Å². The van der Waals surface area contributed by atoms with Gasteiger partial charge in [0.2, 0.25) is 15.9 Å². The van der Waals surface area contributed by atoms with E-state index in [0.717, 1.165) is 12.1 Å². The molecule has 138 valence electrons. The molecule has 0 aromatic heterocycles. The Labute approximate surface area is 146 Å². The van der Waals surface area contributed by atoms with Gasteiger partial charge < -0.3 is 10.1 Å². The maximum absolute atomic E-state index is 12.9. The first-order chi connectivity index (χ1) is 11.8. The Morgan fingerprint density at radius 3 is 2.40 bits per heavy atom. The van der Waals surface area contributed by atoms with E-state index < -0.39 is 21.8 Å². The van der Waals surface area contributed by atoms with Gasteiger partial charge in [0, 0.05) is 19.0 Å². The third-order valence-corrected chi connectivity index (χ3v) is 5.90. The van der Waals surface area contributed by atoms with E-state index in [1.807, 2.05) is 0 Å². The molecule has 0 bridgehead atoms. The molecule has 1 N–H and O–H groups in total. The van der Waals surface area contributed by atoms with Crippen LogP contribution in [0.2, 0.25) is 0 Å². The minimum Gasteiger partial charge on any atom is -0.465 e. The van der Waals surface area contributed by atoms with E-state index in [0.29, 0.717) is 12.8 Å². The standard InChI is InChI=1S/C16H21FN2O5S/c1-2-24-15(20)11-18-16(21)12-7-9-19(10-8-12)25(22,23)14-5-3-13(17)4-6-14/h3-6,12H,2,7-11H2,1H3,(H,18,21). The second-order valence-corrected chi connectivity index (χ2v) is 7.59. The lowest BCUT2D eigenvalue weighted by Gasteiger charge is -2.30. The maximum atomic E-state index is 12.9. The van der Waals surface area contributed by atoms with Gasteiger partial charge >= 0.3 is 5.97 Å². The van der Waals surface area contributed by atoms with Crippen LogP contribution in [0.3, 0.4) is 0 Å². The number of hydrogen-bond acceptors (Lipinski definition) is 5. The average molecular weight is 372 g/mol. The molecule has 1 fully saturated rings. The largest absolute Gasteiger partial charge is 0.465 e. The van der Waals surface area contributed by atoms with Crippen molar-refractivity contribution in [1.82, 2.24) is 9.62 Å². The van der Waals surface area contributed by atoms with E-state index >= 15 is 0 Å². The molecule has 0 saturated carbocycles. The lowest BCUT2D eigenvalue weighted by Crippen LogP contribution is -2.44. The first-order valence-electron chi connectivity index (χ1n) is 8.03. The summed E-state index contributed by atoms with van der Waals surface area (Å²) in [5.41, 5.74) is 0. The monoisotopic (exact) mass is 372 g/mol. The lowest BCUT2D eigenvalue weighted by molar-refractivity contribution is -0.144. The number of esters is 1. The van der Waals surface area contributed by atoms with Crippen molar-refractivity contribution in [3.63, 3.8) is 0 Å². The molecule has 0 radical (unpaired) electrons. The molecule has 0 atom stereocenters. The average Bonchev–Trinajstić information content (AvgIpc) is 2.60. The molecule has 1 aromatic carbocycles. The number of nitrogens with zero attached hydrogens (tertiary/aromatic N) is 1. The van der Waals surface area contributed by atoms with Crippen molar-refractivity contribution in [2.24, 2.45) is 5.92 Å². The van der Waals surface area contributed by atoms with Crippen LogP contribution < -0.4 is 5.32 Å². The number of ether oxygens (including phenoxy) is 1. The number of rotatable bonds is 6. The van der Waals surface area contributed by atoms with Crippen molar-refractivity contribution in [2.45, 2.75) is 24.7 Å². The molecule has 0 aliphatic carbocycles. The van der Waals surface area contributed by atoms with Crippen molar-refractivity contribution in [3.05, 3.63) is 30.1 Å². The fourth-order valence-corrected chi connectivity index (χ4v) is 4.10. The van der Waals surface area contributed by atoms with Crippen LogP contribution in [0.4, 0.5) is 4.39 Å². The van der Waals surface area contributed by atoms with Gasteiger partial charge in [0.15, 0.2) is 0 Å². The summed E-state index contributed by atoms with van der Waals surface area (Å²) in [5, 5.41) is 2.51. The predicted octanol–water partition coefficient (Wildman–Crippen LogP) is 0.906. The second kappa shape index (κ2) is 8.39. The number of carbonyl (C=O) groups excluding carboxylic acids is 2. The zero-order chi connectivity index (χ0) is 18.4. The Kier molecular flexibility index (Phi) is 6.49. The van der Waals surface area contributed by atoms with Crippen LogP contribution >= 0.6 is 0 Å². The van der Waals surface area contributed by atoms with Crippen LogP contribution in [0.15, 0.2) is 29.2 Å². The lowest BCUT2D eigenvalue weighted by atomic mass is 9.97. The molecule has 1 amide bonds. The Bertz CT molecular complexity index is 713. The Morgan fingerprint density at radius 1 is 1.24 bits per heavy atom. The summed E-state index contributed by atoms with van der Waals surface area (Å²) in [6.07, 6.45) is 0.712. The SMILES string of the molecule is CCOC(=O)CNC(=O)C1CCN(S(=O)(=O)c2ccc(F)cc2)CC1. The van der Waals surface area contributed by atoms with Gasteiger partial charge in [-0.2, -0.15) is 4.31 Å². The van der Waals surface area contributed by atoms with Crippen molar-refractivity contribution >= 4 is 21.9 Å². The zero-order valence-electron chi connectivity index (χ0n) is 13.9. The number of nitrogens with one attached hydrogen (secondary N) is 1. The second-order valence-electron chi connectivity index (χ2n) is 5.66. The van der Waals surface area contributed by atoms with Gasteiger partial charge in [-0.15, -0.1) is 0 Å². The summed E-state index contributed by atoms with van der Waals surface area (Å²) in [4.78, 5) is 23.3. The van der Waals surface area contributed by atoms with Crippen LogP contribution in [0.25, 0.3) is 0 Å². The Balaban J connectivity index is 1.89. The number of amides is 1. The van der Waals surface area contributed by atoms with E-state index in [4.69, 9.17) is 4.74 Å². The highest BCUT2D eigenvalue weighted by molar-refractivity contribution is 7.89. The zero-order valence-corrected chi connectivity index (χ0v) is 14.7. The third-order valence-electron chi connectivity index (χ3n) is 3.99. The van der Waals surface area contributed by atoms with Crippen LogP contribution in [-0.4, -0.2) is 50.8 Å². The van der Waals surface area contributed by atoms with E-state index in [1.54, 1.807) is 6.92 Å². The first-order valence-corrected chi connectivity index (χ1v) is 9.47. The molecule has 2 rings (SSSR count). The molecule has 0 unspecified atom stereocenters. The van der Waals surface area contributed by atoms with Gasteiger partial charge in [-0.25, -0.2) is 12.8 Å². The van der Waals surface area contributed by atoms with Gasteiger partial charge in [-0.3, -0.25) is 9.59 Å². The third kappa shape index (κ3) is 4.99. The van der Waals surface area contributed by atoms with Crippen molar-refractivity contribution < 1.29 is 27.1 Å². The molecule has 25 heavy (non-hydrogen) atoms. The summed E-state index contributed by atoms with van der Waals surface area (Å²) in [6.45, 7) is 2.11. The molecule has 1 aliphatic heterocycles. The van der Waals surface area contributed by atoms with Gasteiger partial charge in [0.25, 0.3) is 0 Å². The van der Waals surface area contributed by atoms with E-state index in [9.17, 15) is 22.4 Å². The molecule has 1 aliphatic rings. The summed E-state index contributed by atoms with van der Waals surface area (Å²) in [5.74, 6) is -1.65. The fourth-order valence-electron chi connectivity index (χ4n) is 2.63. The van der Waals surface area contributed by atoms with Gasteiger partial charge in [-0.05, 0) is 44.0 Å². The maximum Gasteiger partial charge on any atom is 0.325 e. The normalized spacial score (nSPS) is 16.4. The summed E-state index contributed by atoms with van der Waals surface area (Å²) >= 11 is 0. The smallest absolute Gasteiger partial charge is 0.325 e. The highest BCUT2D eigenvalue weighted by atomic mass is 32.2. The minimum absolute atomic E-state index is 0.0270. The molecule has 1 aromatic rings. The minimum atomic E-state index is -3.70. The number of sulfonamides is 1. The van der Waals surface area contributed by atoms with Crippen molar-refractivity contribution in [1.29, 1.82) is 0 Å². The number of carbonyl (C=O) groups is 2. The number of piperidine rings is 1. The van der Waals surface area contributed by atoms with E-state index in [1.165, 1.54) is 16.4 Å².